The minimum atomic E-state index is 0.0497. The number of pyridine rings is 1. The van der Waals surface area contributed by atoms with E-state index < -0.39 is 0 Å². The molecule has 2 aliphatic rings. The summed E-state index contributed by atoms with van der Waals surface area (Å²) in [6, 6.07) is 20.1. The molecule has 0 unspecified atom stereocenters. The molecule has 0 radical (unpaired) electrons. The lowest BCUT2D eigenvalue weighted by molar-refractivity contribution is 0.254. The van der Waals surface area contributed by atoms with Gasteiger partial charge in [-0.05, 0) is 49.6 Å². The van der Waals surface area contributed by atoms with Crippen LogP contribution >= 0.6 is 11.8 Å². The van der Waals surface area contributed by atoms with Gasteiger partial charge in [0.05, 0.1) is 11.7 Å². The molecule has 0 aliphatic carbocycles. The highest BCUT2D eigenvalue weighted by Crippen LogP contribution is 2.49. The Hall–Kier alpha value is -2.53. The first-order chi connectivity index (χ1) is 14.7. The largest absolute Gasteiger partial charge is 0.344 e. The molecule has 30 heavy (non-hydrogen) atoms. The first-order valence-electron chi connectivity index (χ1n) is 10.8. The molecule has 1 aromatic carbocycles. The van der Waals surface area contributed by atoms with Crippen molar-refractivity contribution >= 4 is 16.9 Å². The molecule has 3 atom stereocenters. The highest BCUT2D eigenvalue weighted by Gasteiger charge is 2.46. The predicted octanol–water partition coefficient (Wildman–Crippen LogP) is 5.53. The summed E-state index contributed by atoms with van der Waals surface area (Å²) in [7, 11) is 0. The van der Waals surface area contributed by atoms with Crippen LogP contribution in [0, 0.1) is 13.8 Å². The fourth-order valence-corrected chi connectivity index (χ4v) is 6.16. The number of aromatic nitrogens is 2. The van der Waals surface area contributed by atoms with Gasteiger partial charge < -0.3 is 9.47 Å². The van der Waals surface area contributed by atoms with E-state index in [1.165, 1.54) is 27.7 Å². The third-order valence-electron chi connectivity index (χ3n) is 6.44. The zero-order valence-electron chi connectivity index (χ0n) is 17.8. The molecule has 1 fully saturated rings. The lowest BCUT2D eigenvalue weighted by atomic mass is 9.95. The molecule has 2 aliphatic heterocycles. The first kappa shape index (κ1) is 19.4. The lowest BCUT2D eigenvalue weighted by Gasteiger charge is -2.32. The predicted molar refractivity (Wildman–Crippen MR) is 125 cm³/mol. The van der Waals surface area contributed by atoms with Crippen LogP contribution < -0.4 is 0 Å². The molecule has 1 saturated heterocycles. The highest BCUT2D eigenvalue weighted by atomic mass is 32.2. The summed E-state index contributed by atoms with van der Waals surface area (Å²) in [5.41, 5.74) is 6.43. The second-order valence-electron chi connectivity index (χ2n) is 8.23. The monoisotopic (exact) mass is 416 g/mol. The molecular formula is C25H28N4S. The number of nitrogens with zero attached hydrogens (tertiary/aromatic N) is 4. The molecule has 4 nitrogen and oxygen atoms in total. The number of fused-ring (bicyclic) bond motifs is 1. The van der Waals surface area contributed by atoms with Gasteiger partial charge in [-0.2, -0.15) is 0 Å². The number of thioether (sulfide) groups is 1. The van der Waals surface area contributed by atoms with Crippen LogP contribution in [0.25, 0.3) is 0 Å². The molecule has 0 spiro atoms. The van der Waals surface area contributed by atoms with Crippen LogP contribution in [0.2, 0.25) is 0 Å². The number of benzene rings is 1. The van der Waals surface area contributed by atoms with Crippen LogP contribution in [-0.2, 0) is 6.54 Å². The summed E-state index contributed by atoms with van der Waals surface area (Å²) in [4.78, 5) is 12.4. The van der Waals surface area contributed by atoms with Gasteiger partial charge >= 0.3 is 0 Å². The first-order valence-corrected chi connectivity index (χ1v) is 11.8. The van der Waals surface area contributed by atoms with Gasteiger partial charge in [0.2, 0.25) is 0 Å². The Morgan fingerprint density at radius 3 is 2.60 bits per heavy atom. The molecule has 5 heteroatoms. The van der Waals surface area contributed by atoms with Gasteiger partial charge in [-0.1, -0.05) is 55.1 Å². The zero-order chi connectivity index (χ0) is 20.7. The fraction of sp³-hybridized carbons (Fsp3) is 0.360. The van der Waals surface area contributed by atoms with E-state index in [0.717, 1.165) is 24.4 Å². The topological polar surface area (TPSA) is 33.4 Å². The van der Waals surface area contributed by atoms with Gasteiger partial charge in [0.1, 0.15) is 6.04 Å². The molecule has 5 rings (SSSR count). The highest BCUT2D eigenvalue weighted by molar-refractivity contribution is 8.14. The molecule has 0 bridgehead atoms. The molecule has 0 N–H and O–H groups in total. The van der Waals surface area contributed by atoms with Crippen molar-refractivity contribution in [1.29, 1.82) is 0 Å². The van der Waals surface area contributed by atoms with Gasteiger partial charge in [-0.15, -0.1) is 0 Å². The third kappa shape index (κ3) is 3.25. The maximum atomic E-state index is 5.17. The normalized spacial score (nSPS) is 23.0. The van der Waals surface area contributed by atoms with Crippen molar-refractivity contribution in [1.82, 2.24) is 14.5 Å². The summed E-state index contributed by atoms with van der Waals surface area (Å²) >= 11 is 1.90. The van der Waals surface area contributed by atoms with E-state index in [2.05, 4.69) is 78.8 Å². The fourth-order valence-electron chi connectivity index (χ4n) is 4.82. The van der Waals surface area contributed by atoms with E-state index in [0.29, 0.717) is 6.04 Å². The molecule has 2 aromatic heterocycles. The molecule has 4 heterocycles. The SMILES string of the molecule is CC[C@@H]1CSC2=N[C@H](c3ccccn3)[C@H](c3cc(C)n(Cc4ccccc4)c3C)N21. The lowest BCUT2D eigenvalue weighted by Crippen LogP contribution is -2.35. The van der Waals surface area contributed by atoms with E-state index in [-0.39, 0.29) is 12.1 Å². The van der Waals surface area contributed by atoms with Crippen molar-refractivity contribution in [2.24, 2.45) is 4.99 Å². The number of hydrogen-bond donors (Lipinski definition) is 0. The van der Waals surface area contributed by atoms with Crippen molar-refractivity contribution in [2.45, 2.75) is 51.9 Å². The smallest absolute Gasteiger partial charge is 0.160 e. The van der Waals surface area contributed by atoms with Crippen LogP contribution in [-0.4, -0.2) is 31.4 Å². The van der Waals surface area contributed by atoms with E-state index in [9.17, 15) is 0 Å². The minimum absolute atomic E-state index is 0.0497. The Kier molecular flexibility index (Phi) is 5.15. The summed E-state index contributed by atoms with van der Waals surface area (Å²) in [6.45, 7) is 7.68. The molecule has 0 saturated carbocycles. The Bertz CT molecular complexity index is 1060. The van der Waals surface area contributed by atoms with E-state index in [1.807, 2.05) is 24.0 Å². The standard InChI is InChI=1S/C25H28N4S/c1-4-20-16-30-25-27-23(22-12-8-9-13-26-22)24(29(20)25)21-14-17(2)28(18(21)3)15-19-10-6-5-7-11-19/h5-14,20,23-24H,4,15-16H2,1-3H3/t20-,23-,24+/m1/s1. The molecule has 154 valence electrons. The molecule has 3 aromatic rings. The molecule has 0 amide bonds. The van der Waals surface area contributed by atoms with Gasteiger partial charge in [-0.25, -0.2) is 0 Å². The number of hydrogen-bond acceptors (Lipinski definition) is 4. The van der Waals surface area contributed by atoms with Crippen molar-refractivity contribution in [3.8, 4) is 0 Å². The molecular weight excluding hydrogens is 388 g/mol. The van der Waals surface area contributed by atoms with Gasteiger partial charge in [0.25, 0.3) is 0 Å². The average molecular weight is 417 g/mol. The number of aliphatic imine (C=N–C) groups is 1. The average Bonchev–Trinajstić information content (AvgIpc) is 3.43. The minimum Gasteiger partial charge on any atom is -0.344 e. The second kappa shape index (κ2) is 7.95. The van der Waals surface area contributed by atoms with Crippen LogP contribution in [0.3, 0.4) is 0 Å². The van der Waals surface area contributed by atoms with Crippen molar-refractivity contribution in [3.05, 3.63) is 89.0 Å². The Balaban J connectivity index is 1.57. The summed E-state index contributed by atoms with van der Waals surface area (Å²) in [6.07, 6.45) is 3.03. The van der Waals surface area contributed by atoms with E-state index >= 15 is 0 Å². The Labute approximate surface area is 183 Å². The van der Waals surface area contributed by atoms with Gasteiger partial charge in [0, 0.05) is 35.9 Å². The summed E-state index contributed by atoms with van der Waals surface area (Å²) in [5, 5.41) is 1.19. The number of aryl methyl sites for hydroxylation is 1. The van der Waals surface area contributed by atoms with E-state index in [4.69, 9.17) is 9.98 Å². The zero-order valence-corrected chi connectivity index (χ0v) is 18.6. The van der Waals surface area contributed by atoms with Gasteiger partial charge in [0.15, 0.2) is 5.17 Å². The van der Waals surface area contributed by atoms with Crippen LogP contribution in [0.15, 0.2) is 65.8 Å². The van der Waals surface area contributed by atoms with Crippen LogP contribution in [0.5, 0.6) is 0 Å². The number of rotatable bonds is 5. The Morgan fingerprint density at radius 2 is 1.87 bits per heavy atom. The third-order valence-corrected chi connectivity index (χ3v) is 7.57. The van der Waals surface area contributed by atoms with Crippen molar-refractivity contribution in [3.63, 3.8) is 0 Å². The summed E-state index contributed by atoms with van der Waals surface area (Å²) in [5.74, 6) is 1.13. The van der Waals surface area contributed by atoms with Crippen molar-refractivity contribution < 1.29 is 0 Å². The van der Waals surface area contributed by atoms with Gasteiger partial charge in [-0.3, -0.25) is 9.98 Å². The number of amidine groups is 1. The van der Waals surface area contributed by atoms with E-state index in [1.54, 1.807) is 0 Å². The van der Waals surface area contributed by atoms with Crippen LogP contribution in [0.1, 0.15) is 53.6 Å². The van der Waals surface area contributed by atoms with Crippen LogP contribution in [0.4, 0.5) is 0 Å². The second-order valence-corrected chi connectivity index (χ2v) is 9.22. The summed E-state index contributed by atoms with van der Waals surface area (Å²) < 4.78 is 2.45. The maximum Gasteiger partial charge on any atom is 0.160 e. The maximum absolute atomic E-state index is 5.17. The van der Waals surface area contributed by atoms with Crippen molar-refractivity contribution in [2.75, 3.05) is 5.75 Å². The quantitative estimate of drug-likeness (QED) is 0.548. The Morgan fingerprint density at radius 1 is 1.07 bits per heavy atom.